The van der Waals surface area contributed by atoms with Gasteiger partial charge in [0.2, 0.25) is 0 Å². The summed E-state index contributed by atoms with van der Waals surface area (Å²) in [6, 6.07) is 6.24. The molecule has 0 fully saturated rings. The van der Waals surface area contributed by atoms with E-state index in [1.807, 2.05) is 0 Å². The van der Waals surface area contributed by atoms with Crippen LogP contribution in [0.3, 0.4) is 0 Å². The average Bonchev–Trinajstić information content (AvgIpc) is 2.04. The number of nitrogens with zero attached hydrogens (tertiary/aromatic N) is 1. The molecular formula is C6H5ClNO3Ti. The molecule has 0 unspecified atom stereocenters. The standard InChI is InChI=1S/C6H5NO3.ClH.Ti/c8-6-4-2-1-3-5(6)7(9)10;;/h1-4,8H;1H;/q;;+1/p-1. The van der Waals surface area contributed by atoms with Crippen LogP contribution in [0.4, 0.5) is 5.69 Å². The molecule has 0 saturated carbocycles. The Labute approximate surface area is 87.4 Å². The van der Waals surface area contributed by atoms with E-state index in [1.54, 1.807) is 18.2 Å². The topological polar surface area (TPSA) is 52.4 Å². The van der Waals surface area contributed by atoms with Crippen LogP contribution >= 0.6 is 12.4 Å². The molecule has 1 rings (SSSR count). The summed E-state index contributed by atoms with van der Waals surface area (Å²) in [6.07, 6.45) is 0. The van der Waals surface area contributed by atoms with Gasteiger partial charge in [-0.25, -0.2) is 0 Å². The molecule has 0 saturated heterocycles. The molecule has 0 N–H and O–H groups in total. The second-order valence-electron chi connectivity index (χ2n) is 1.83. The number of benzene rings is 1. The normalized spacial score (nSPS) is 8.25. The fourth-order valence-electron chi connectivity index (χ4n) is 0.694. The van der Waals surface area contributed by atoms with Crippen molar-refractivity contribution < 1.29 is 29.1 Å². The second-order valence-corrected chi connectivity index (χ2v) is 2.15. The molecule has 6 heteroatoms. The third-order valence-electron chi connectivity index (χ3n) is 1.17. The predicted molar refractivity (Wildman–Crippen MR) is 41.0 cm³/mol. The van der Waals surface area contributed by atoms with Gasteiger partial charge in [0, 0.05) is 0 Å². The molecule has 0 spiro atoms. The first-order chi connectivity index (χ1) is 5.25. The molecule has 1 aromatic rings. The van der Waals surface area contributed by atoms with Crippen LogP contribution in [0.25, 0.3) is 0 Å². The Morgan fingerprint density at radius 3 is 2.42 bits per heavy atom. The fraction of sp³-hybridized carbons (Fsp3) is 0. The Morgan fingerprint density at radius 1 is 1.42 bits per heavy atom. The minimum atomic E-state index is -0.473. The van der Waals surface area contributed by atoms with Crippen molar-refractivity contribution in [1.82, 2.24) is 0 Å². The summed E-state index contributed by atoms with van der Waals surface area (Å²) in [5, 5.41) is 10.3. The summed E-state index contributed by atoms with van der Waals surface area (Å²) in [4.78, 5) is 9.83. The van der Waals surface area contributed by atoms with E-state index < -0.39 is 4.92 Å². The molecule has 0 aliphatic heterocycles. The zero-order valence-electron chi connectivity index (χ0n) is 5.89. The first-order valence-electron chi connectivity index (χ1n) is 2.82. The van der Waals surface area contributed by atoms with Gasteiger partial charge in [0.15, 0.2) is 0 Å². The number of hydrogen-bond donors (Lipinski definition) is 0. The maximum atomic E-state index is 10.3. The molecule has 0 atom stereocenters. The van der Waals surface area contributed by atoms with E-state index in [1.165, 1.54) is 26.9 Å². The summed E-state index contributed by atoms with van der Waals surface area (Å²) in [7, 11) is 0. The Hall–Kier alpha value is -0.576. The fourth-order valence-corrected chi connectivity index (χ4v) is 0.964. The van der Waals surface area contributed by atoms with Crippen molar-refractivity contribution in [2.75, 3.05) is 0 Å². The molecule has 63 valence electrons. The molecular weight excluding hydrogens is 217 g/mol. The van der Waals surface area contributed by atoms with Gasteiger partial charge >= 0.3 is 74.9 Å². The van der Waals surface area contributed by atoms with Gasteiger partial charge in [-0.1, -0.05) is 0 Å². The second kappa shape index (κ2) is 5.14. The third kappa shape index (κ3) is 2.48. The molecule has 0 radical (unpaired) electrons. The quantitative estimate of drug-likeness (QED) is 0.436. The van der Waals surface area contributed by atoms with Crippen molar-refractivity contribution >= 4 is 18.1 Å². The van der Waals surface area contributed by atoms with E-state index >= 15 is 0 Å². The number of nitro benzene ring substituents is 1. The van der Waals surface area contributed by atoms with E-state index in [0.717, 1.165) is 0 Å². The van der Waals surface area contributed by atoms with Crippen LogP contribution in [-0.2, 0) is 20.8 Å². The van der Waals surface area contributed by atoms with Crippen molar-refractivity contribution in [1.29, 1.82) is 0 Å². The first-order valence-corrected chi connectivity index (χ1v) is 3.46. The Balaban J connectivity index is 0.00000121. The number of para-hydroxylation sites is 2. The van der Waals surface area contributed by atoms with E-state index in [-0.39, 0.29) is 23.8 Å². The van der Waals surface area contributed by atoms with E-state index in [4.69, 9.17) is 3.32 Å². The van der Waals surface area contributed by atoms with Gasteiger partial charge in [-0.05, 0) is 0 Å². The van der Waals surface area contributed by atoms with Crippen LogP contribution in [0, 0.1) is 10.1 Å². The van der Waals surface area contributed by atoms with Gasteiger partial charge in [-0.15, -0.1) is 12.4 Å². The van der Waals surface area contributed by atoms with Gasteiger partial charge < -0.3 is 0 Å². The number of rotatable bonds is 2. The first kappa shape index (κ1) is 11.4. The van der Waals surface area contributed by atoms with Crippen molar-refractivity contribution in [2.24, 2.45) is 0 Å². The van der Waals surface area contributed by atoms with Crippen LogP contribution in [0.15, 0.2) is 24.3 Å². The SMILES string of the molecule is Cl.O=[N+]([O-])c1ccccc1[O][Ti]. The summed E-state index contributed by atoms with van der Waals surface area (Å²) in [5.74, 6) is 0.289. The summed E-state index contributed by atoms with van der Waals surface area (Å²) in [5.41, 5.74) is -0.00463. The van der Waals surface area contributed by atoms with E-state index in [2.05, 4.69) is 0 Å². The van der Waals surface area contributed by atoms with Gasteiger partial charge in [0.25, 0.3) is 0 Å². The van der Waals surface area contributed by atoms with Crippen molar-refractivity contribution in [3.8, 4) is 5.75 Å². The monoisotopic (exact) mass is 222 g/mol. The molecule has 0 aromatic heterocycles. The van der Waals surface area contributed by atoms with Gasteiger partial charge in [0.1, 0.15) is 0 Å². The van der Waals surface area contributed by atoms with Crippen LogP contribution in [0.2, 0.25) is 0 Å². The van der Waals surface area contributed by atoms with Crippen LogP contribution in [0.1, 0.15) is 0 Å². The average molecular weight is 222 g/mol. The molecule has 0 amide bonds. The predicted octanol–water partition coefficient (Wildman–Crippen LogP) is 1.86. The molecule has 0 heterocycles. The third-order valence-corrected chi connectivity index (χ3v) is 1.52. The van der Waals surface area contributed by atoms with Crippen molar-refractivity contribution in [3.05, 3.63) is 34.4 Å². The van der Waals surface area contributed by atoms with Gasteiger partial charge in [-0.3, -0.25) is 0 Å². The molecule has 0 aliphatic carbocycles. The van der Waals surface area contributed by atoms with Gasteiger partial charge in [0.05, 0.1) is 0 Å². The molecule has 0 aliphatic rings. The molecule has 4 nitrogen and oxygen atoms in total. The zero-order chi connectivity index (χ0) is 8.27. The van der Waals surface area contributed by atoms with E-state index in [9.17, 15) is 10.1 Å². The Kier molecular flexibility index (Phi) is 4.89. The minimum absolute atomic E-state index is 0. The van der Waals surface area contributed by atoms with Crippen LogP contribution in [-0.4, -0.2) is 4.92 Å². The van der Waals surface area contributed by atoms with E-state index in [0.29, 0.717) is 0 Å². The molecule has 12 heavy (non-hydrogen) atoms. The van der Waals surface area contributed by atoms with Crippen molar-refractivity contribution in [2.45, 2.75) is 0 Å². The number of halogens is 1. The van der Waals surface area contributed by atoms with Crippen LogP contribution < -0.4 is 3.32 Å². The summed E-state index contributed by atoms with van der Waals surface area (Å²) in [6.45, 7) is 0. The van der Waals surface area contributed by atoms with Crippen molar-refractivity contribution in [3.63, 3.8) is 0 Å². The molecule has 1 aromatic carbocycles. The zero-order valence-corrected chi connectivity index (χ0v) is 8.27. The Morgan fingerprint density at radius 2 is 2.00 bits per heavy atom. The van der Waals surface area contributed by atoms with Crippen LogP contribution in [0.5, 0.6) is 5.75 Å². The Bertz CT molecular complexity index is 281. The summed E-state index contributed by atoms with van der Waals surface area (Å²) >= 11 is 1.41. The molecule has 0 bridgehead atoms. The van der Waals surface area contributed by atoms with Gasteiger partial charge in [-0.2, -0.15) is 0 Å². The number of hydrogen-bond acceptors (Lipinski definition) is 3. The number of nitro groups is 1. The summed E-state index contributed by atoms with van der Waals surface area (Å²) < 4.78 is 4.76. The maximum absolute atomic E-state index is 10.3.